The molecule has 1 aromatic heterocycles. The lowest BCUT2D eigenvalue weighted by atomic mass is 10.2. The lowest BCUT2D eigenvalue weighted by Gasteiger charge is -2.16. The van der Waals surface area contributed by atoms with Crippen LogP contribution in [-0.4, -0.2) is 69.1 Å². The number of nitrogens with zero attached hydrogens (tertiary/aromatic N) is 3. The lowest BCUT2D eigenvalue weighted by molar-refractivity contribution is 0.272. The molecular weight excluding hydrogens is 528 g/mol. The third-order valence-corrected chi connectivity index (χ3v) is 7.25. The van der Waals surface area contributed by atoms with Gasteiger partial charge in [-0.2, -0.15) is 0 Å². The fourth-order valence-corrected chi connectivity index (χ4v) is 4.69. The number of sulfone groups is 1. The highest BCUT2D eigenvalue weighted by Crippen LogP contribution is 2.35. The van der Waals surface area contributed by atoms with Crippen LogP contribution in [0.15, 0.2) is 73.1 Å². The molecule has 0 saturated heterocycles. The third-order valence-electron chi connectivity index (χ3n) is 6.32. The Labute approximate surface area is 236 Å². The fraction of sp³-hybridized carbons (Fsp3) is 0.333. The van der Waals surface area contributed by atoms with Gasteiger partial charge in [0, 0.05) is 29.9 Å². The first-order chi connectivity index (χ1) is 19.3. The SMILES string of the molecule is COc1cc2c(Nc3ccc(OCc4ccccc4)cc3)ncnc2cc1OCCCCN(C)CCS(C)(=O)=O. The number of aromatic nitrogens is 2. The van der Waals surface area contributed by atoms with Gasteiger partial charge in [0.05, 0.1) is 25.0 Å². The van der Waals surface area contributed by atoms with Crippen LogP contribution in [0, 0.1) is 0 Å². The number of rotatable bonds is 15. The molecule has 4 aromatic rings. The average molecular weight is 565 g/mol. The van der Waals surface area contributed by atoms with E-state index < -0.39 is 9.84 Å². The Kier molecular flexibility index (Phi) is 10.2. The number of unbranched alkanes of at least 4 members (excludes halogenated alkanes) is 1. The van der Waals surface area contributed by atoms with Crippen molar-refractivity contribution in [2.75, 3.05) is 51.2 Å². The molecule has 0 fully saturated rings. The van der Waals surface area contributed by atoms with E-state index >= 15 is 0 Å². The Morgan fingerprint density at radius 3 is 2.40 bits per heavy atom. The number of hydrogen-bond donors (Lipinski definition) is 1. The van der Waals surface area contributed by atoms with Gasteiger partial charge in [-0.05, 0) is 62.3 Å². The van der Waals surface area contributed by atoms with E-state index in [4.69, 9.17) is 14.2 Å². The maximum Gasteiger partial charge on any atom is 0.163 e. The van der Waals surface area contributed by atoms with Gasteiger partial charge in [-0.25, -0.2) is 18.4 Å². The first-order valence-electron chi connectivity index (χ1n) is 13.2. The summed E-state index contributed by atoms with van der Waals surface area (Å²) < 4.78 is 40.2. The van der Waals surface area contributed by atoms with E-state index in [9.17, 15) is 8.42 Å². The molecule has 0 amide bonds. The monoisotopic (exact) mass is 564 g/mol. The molecule has 0 bridgehead atoms. The van der Waals surface area contributed by atoms with Crippen LogP contribution in [0.2, 0.25) is 0 Å². The van der Waals surface area contributed by atoms with Crippen LogP contribution in [0.5, 0.6) is 17.2 Å². The topological polar surface area (TPSA) is 103 Å². The quantitative estimate of drug-likeness (QED) is 0.198. The minimum absolute atomic E-state index is 0.168. The van der Waals surface area contributed by atoms with Crippen LogP contribution in [0.25, 0.3) is 10.9 Å². The van der Waals surface area contributed by atoms with Crippen LogP contribution >= 0.6 is 0 Å². The number of benzene rings is 3. The molecule has 0 spiro atoms. The Bertz CT molecular complexity index is 1480. The third kappa shape index (κ3) is 8.82. The highest BCUT2D eigenvalue weighted by Gasteiger charge is 2.12. The zero-order valence-electron chi connectivity index (χ0n) is 23.2. The summed E-state index contributed by atoms with van der Waals surface area (Å²) in [4.78, 5) is 10.9. The number of hydrogen-bond acceptors (Lipinski definition) is 9. The molecule has 0 aliphatic rings. The largest absolute Gasteiger partial charge is 0.493 e. The molecule has 0 atom stereocenters. The second kappa shape index (κ2) is 14.0. The standard InChI is InChI=1S/C30H36N4O5S/c1-34(16-18-40(3,35)36)15-7-8-17-38-29-20-27-26(19-28(29)37-2)30(32-22-31-27)33-24-11-13-25(14-12-24)39-21-23-9-5-4-6-10-23/h4-6,9-14,19-20,22H,7-8,15-18,21H2,1-3H3,(H,31,32,33). The van der Waals surface area contributed by atoms with Crippen molar-refractivity contribution in [1.29, 1.82) is 0 Å². The molecule has 4 rings (SSSR count). The molecule has 10 heteroatoms. The number of anilines is 2. The summed E-state index contributed by atoms with van der Waals surface area (Å²) in [7, 11) is 0.585. The lowest BCUT2D eigenvalue weighted by Crippen LogP contribution is -2.26. The molecule has 0 radical (unpaired) electrons. The van der Waals surface area contributed by atoms with Crippen molar-refractivity contribution in [2.45, 2.75) is 19.4 Å². The van der Waals surface area contributed by atoms with Crippen LogP contribution in [0.3, 0.4) is 0 Å². The molecule has 9 nitrogen and oxygen atoms in total. The second-order valence-electron chi connectivity index (χ2n) is 9.65. The van der Waals surface area contributed by atoms with Gasteiger partial charge in [0.2, 0.25) is 0 Å². The molecule has 0 aliphatic carbocycles. The molecule has 40 heavy (non-hydrogen) atoms. The van der Waals surface area contributed by atoms with Gasteiger partial charge in [-0.15, -0.1) is 0 Å². The first-order valence-corrected chi connectivity index (χ1v) is 15.2. The second-order valence-corrected chi connectivity index (χ2v) is 11.9. The van der Waals surface area contributed by atoms with Gasteiger partial charge in [0.1, 0.15) is 34.3 Å². The Morgan fingerprint density at radius 1 is 0.900 bits per heavy atom. The van der Waals surface area contributed by atoms with E-state index in [1.807, 2.05) is 78.7 Å². The van der Waals surface area contributed by atoms with Crippen molar-refractivity contribution in [3.8, 4) is 17.2 Å². The summed E-state index contributed by atoms with van der Waals surface area (Å²) in [5, 5.41) is 4.17. The van der Waals surface area contributed by atoms with Gasteiger partial charge >= 0.3 is 0 Å². The minimum Gasteiger partial charge on any atom is -0.493 e. The number of fused-ring (bicyclic) bond motifs is 1. The fourth-order valence-electron chi connectivity index (χ4n) is 4.05. The molecule has 0 saturated carbocycles. The zero-order valence-corrected chi connectivity index (χ0v) is 24.0. The van der Waals surface area contributed by atoms with E-state index in [-0.39, 0.29) is 5.75 Å². The van der Waals surface area contributed by atoms with Gasteiger partial charge < -0.3 is 24.4 Å². The molecule has 1 N–H and O–H groups in total. The van der Waals surface area contributed by atoms with Gasteiger partial charge in [0.15, 0.2) is 11.5 Å². The van der Waals surface area contributed by atoms with Crippen molar-refractivity contribution < 1.29 is 22.6 Å². The highest BCUT2D eigenvalue weighted by molar-refractivity contribution is 7.90. The van der Waals surface area contributed by atoms with Gasteiger partial charge in [-0.3, -0.25) is 0 Å². The molecule has 0 unspecified atom stereocenters. The maximum absolute atomic E-state index is 11.3. The summed E-state index contributed by atoms with van der Waals surface area (Å²) in [6.45, 7) is 2.35. The van der Waals surface area contributed by atoms with Crippen LogP contribution < -0.4 is 19.5 Å². The minimum atomic E-state index is -2.95. The highest BCUT2D eigenvalue weighted by atomic mass is 32.2. The van der Waals surface area contributed by atoms with E-state index in [0.29, 0.717) is 37.1 Å². The maximum atomic E-state index is 11.3. The van der Waals surface area contributed by atoms with Gasteiger partial charge in [-0.1, -0.05) is 30.3 Å². The van der Waals surface area contributed by atoms with Crippen molar-refractivity contribution >= 4 is 32.2 Å². The Hall–Kier alpha value is -3.89. The molecule has 212 valence electrons. The van der Waals surface area contributed by atoms with Crippen LogP contribution in [0.4, 0.5) is 11.5 Å². The van der Waals surface area contributed by atoms with E-state index in [2.05, 4.69) is 15.3 Å². The van der Waals surface area contributed by atoms with Crippen molar-refractivity contribution in [3.05, 3.63) is 78.6 Å². The molecule has 0 aliphatic heterocycles. The summed E-state index contributed by atoms with van der Waals surface area (Å²) in [5.74, 6) is 2.82. The summed E-state index contributed by atoms with van der Waals surface area (Å²) >= 11 is 0. The predicted octanol–water partition coefficient (Wildman–Crippen LogP) is 5.10. The van der Waals surface area contributed by atoms with E-state index in [1.165, 1.54) is 12.6 Å². The molecule has 1 heterocycles. The Balaban J connectivity index is 1.34. The number of ether oxygens (including phenoxy) is 3. The zero-order chi connectivity index (χ0) is 28.4. The Morgan fingerprint density at radius 2 is 1.68 bits per heavy atom. The normalized spacial score (nSPS) is 11.5. The summed E-state index contributed by atoms with van der Waals surface area (Å²) in [6.07, 6.45) is 4.50. The number of nitrogens with one attached hydrogen (secondary N) is 1. The van der Waals surface area contributed by atoms with Crippen LogP contribution in [0.1, 0.15) is 18.4 Å². The van der Waals surface area contributed by atoms with Crippen molar-refractivity contribution in [3.63, 3.8) is 0 Å². The van der Waals surface area contributed by atoms with Crippen molar-refractivity contribution in [2.24, 2.45) is 0 Å². The smallest absolute Gasteiger partial charge is 0.163 e. The number of methoxy groups -OCH3 is 1. The van der Waals surface area contributed by atoms with Crippen molar-refractivity contribution in [1.82, 2.24) is 14.9 Å². The summed E-state index contributed by atoms with van der Waals surface area (Å²) in [5.41, 5.74) is 2.72. The predicted molar refractivity (Wildman–Crippen MR) is 159 cm³/mol. The average Bonchev–Trinajstić information content (AvgIpc) is 2.95. The summed E-state index contributed by atoms with van der Waals surface area (Å²) in [6, 6.07) is 21.5. The van der Waals surface area contributed by atoms with E-state index in [0.717, 1.165) is 47.3 Å². The molecular formula is C30H36N4O5S. The van der Waals surface area contributed by atoms with Gasteiger partial charge in [0.25, 0.3) is 0 Å². The van der Waals surface area contributed by atoms with Crippen LogP contribution in [-0.2, 0) is 16.4 Å². The first kappa shape index (κ1) is 29.1. The molecule has 3 aromatic carbocycles. The van der Waals surface area contributed by atoms with E-state index in [1.54, 1.807) is 7.11 Å².